The number of rotatable bonds is 5. The zero-order chi connectivity index (χ0) is 16.1. The number of benzene rings is 1. The first-order chi connectivity index (χ1) is 11.2. The van der Waals surface area contributed by atoms with Gasteiger partial charge in [-0.2, -0.15) is 0 Å². The number of furan rings is 1. The molecule has 118 valence electrons. The summed E-state index contributed by atoms with van der Waals surface area (Å²) in [5.41, 5.74) is 2.75. The van der Waals surface area contributed by atoms with Crippen molar-refractivity contribution in [2.24, 2.45) is 0 Å². The lowest BCUT2D eigenvalue weighted by Gasteiger charge is -2.15. The molecule has 0 aliphatic carbocycles. The maximum Gasteiger partial charge on any atom is 0.244 e. The van der Waals surface area contributed by atoms with Crippen molar-refractivity contribution in [1.29, 1.82) is 0 Å². The van der Waals surface area contributed by atoms with Gasteiger partial charge in [0.15, 0.2) is 0 Å². The van der Waals surface area contributed by atoms with E-state index in [0.717, 1.165) is 29.8 Å². The van der Waals surface area contributed by atoms with E-state index in [1.54, 1.807) is 23.5 Å². The average molecular weight is 310 g/mol. The fourth-order valence-electron chi connectivity index (χ4n) is 2.50. The summed E-state index contributed by atoms with van der Waals surface area (Å²) in [7, 11) is 0. The fourth-order valence-corrected chi connectivity index (χ4v) is 2.50. The molecule has 3 rings (SSSR count). The highest BCUT2D eigenvalue weighted by Crippen LogP contribution is 2.21. The van der Waals surface area contributed by atoms with Crippen LogP contribution in [0.1, 0.15) is 24.0 Å². The highest BCUT2D eigenvalue weighted by molar-refractivity contribution is 5.95. The van der Waals surface area contributed by atoms with Crippen LogP contribution in [0.4, 0.5) is 5.69 Å². The van der Waals surface area contributed by atoms with E-state index in [1.165, 1.54) is 6.08 Å². The molecular weight excluding hydrogens is 292 g/mol. The summed E-state index contributed by atoms with van der Waals surface area (Å²) in [5, 5.41) is 2.78. The van der Waals surface area contributed by atoms with Gasteiger partial charge in [-0.25, -0.2) is 0 Å². The second-order valence-corrected chi connectivity index (χ2v) is 5.42. The number of carbonyl (C=O) groups excluding carboxylic acids is 2. The maximum absolute atomic E-state index is 11.7. The van der Waals surface area contributed by atoms with Crippen molar-refractivity contribution in [1.82, 2.24) is 5.32 Å². The average Bonchev–Trinajstić information content (AvgIpc) is 3.23. The lowest BCUT2D eigenvalue weighted by molar-refractivity contribution is -0.117. The standard InChI is InChI=1S/C18H18N2O3/c21-17(19-12-15-9-11-23-13-15)8-5-14-3-6-16(7-4-14)20-10-1-2-18(20)22/h3-9,11,13H,1-2,10,12H2,(H,19,21)/b8-5+. The van der Waals surface area contributed by atoms with Gasteiger partial charge >= 0.3 is 0 Å². The number of hydrogen-bond acceptors (Lipinski definition) is 3. The predicted octanol–water partition coefficient (Wildman–Crippen LogP) is 2.74. The first-order valence-corrected chi connectivity index (χ1v) is 7.60. The Labute approximate surface area is 134 Å². The molecule has 2 heterocycles. The molecule has 5 nitrogen and oxygen atoms in total. The summed E-state index contributed by atoms with van der Waals surface area (Å²) in [5.74, 6) is 0.0110. The third kappa shape index (κ3) is 3.88. The summed E-state index contributed by atoms with van der Waals surface area (Å²) in [6.07, 6.45) is 7.96. The summed E-state index contributed by atoms with van der Waals surface area (Å²) in [6.45, 7) is 1.22. The Bertz CT molecular complexity index is 702. The Morgan fingerprint density at radius 2 is 2.09 bits per heavy atom. The lowest BCUT2D eigenvalue weighted by atomic mass is 10.2. The van der Waals surface area contributed by atoms with Gasteiger partial charge in [-0.15, -0.1) is 0 Å². The van der Waals surface area contributed by atoms with Crippen LogP contribution in [0.3, 0.4) is 0 Å². The molecule has 2 amide bonds. The quantitative estimate of drug-likeness (QED) is 0.864. The van der Waals surface area contributed by atoms with E-state index >= 15 is 0 Å². The van der Waals surface area contributed by atoms with Gasteiger partial charge in [0, 0.05) is 36.8 Å². The van der Waals surface area contributed by atoms with Crippen molar-refractivity contribution >= 4 is 23.6 Å². The van der Waals surface area contributed by atoms with Gasteiger partial charge in [-0.05, 0) is 36.3 Å². The number of nitrogens with one attached hydrogen (secondary N) is 1. The zero-order valence-corrected chi connectivity index (χ0v) is 12.7. The van der Waals surface area contributed by atoms with Gasteiger partial charge in [0.2, 0.25) is 11.8 Å². The van der Waals surface area contributed by atoms with Gasteiger partial charge in [0.1, 0.15) is 0 Å². The van der Waals surface area contributed by atoms with Crippen LogP contribution in [0, 0.1) is 0 Å². The topological polar surface area (TPSA) is 62.6 Å². The Hall–Kier alpha value is -2.82. The molecular formula is C18H18N2O3. The van der Waals surface area contributed by atoms with Gasteiger partial charge in [0.05, 0.1) is 12.5 Å². The van der Waals surface area contributed by atoms with E-state index in [2.05, 4.69) is 5.32 Å². The Kier molecular flexibility index (Phi) is 4.57. The summed E-state index contributed by atoms with van der Waals surface area (Å²) >= 11 is 0. The number of nitrogens with zero attached hydrogens (tertiary/aromatic N) is 1. The molecule has 1 aromatic carbocycles. The monoisotopic (exact) mass is 310 g/mol. The third-order valence-electron chi connectivity index (χ3n) is 3.75. The van der Waals surface area contributed by atoms with Crippen molar-refractivity contribution in [2.75, 3.05) is 11.4 Å². The second-order valence-electron chi connectivity index (χ2n) is 5.42. The Morgan fingerprint density at radius 3 is 2.74 bits per heavy atom. The van der Waals surface area contributed by atoms with Crippen molar-refractivity contribution in [3.8, 4) is 0 Å². The molecule has 23 heavy (non-hydrogen) atoms. The van der Waals surface area contributed by atoms with E-state index in [1.807, 2.05) is 30.3 Å². The van der Waals surface area contributed by atoms with Crippen LogP contribution in [0.5, 0.6) is 0 Å². The molecule has 0 radical (unpaired) electrons. The highest BCUT2D eigenvalue weighted by Gasteiger charge is 2.21. The highest BCUT2D eigenvalue weighted by atomic mass is 16.3. The molecule has 0 atom stereocenters. The van der Waals surface area contributed by atoms with Crippen LogP contribution in [-0.4, -0.2) is 18.4 Å². The molecule has 2 aromatic rings. The normalized spacial score (nSPS) is 14.6. The first-order valence-electron chi connectivity index (χ1n) is 7.60. The summed E-state index contributed by atoms with van der Waals surface area (Å²) < 4.78 is 4.94. The fraction of sp³-hybridized carbons (Fsp3) is 0.222. The molecule has 1 saturated heterocycles. The maximum atomic E-state index is 11.7. The van der Waals surface area contributed by atoms with E-state index in [0.29, 0.717) is 13.0 Å². The van der Waals surface area contributed by atoms with Gasteiger partial charge in [-0.1, -0.05) is 12.1 Å². The second kappa shape index (κ2) is 6.96. The summed E-state index contributed by atoms with van der Waals surface area (Å²) in [6, 6.07) is 9.43. The molecule has 1 N–H and O–H groups in total. The van der Waals surface area contributed by atoms with E-state index < -0.39 is 0 Å². The minimum Gasteiger partial charge on any atom is -0.472 e. The molecule has 1 aliphatic heterocycles. The largest absolute Gasteiger partial charge is 0.472 e. The van der Waals surface area contributed by atoms with Crippen LogP contribution in [0.15, 0.2) is 53.4 Å². The molecule has 0 unspecified atom stereocenters. The van der Waals surface area contributed by atoms with Crippen molar-refractivity contribution in [3.05, 3.63) is 60.1 Å². The van der Waals surface area contributed by atoms with Crippen LogP contribution >= 0.6 is 0 Å². The number of amides is 2. The predicted molar refractivity (Wildman–Crippen MR) is 87.6 cm³/mol. The smallest absolute Gasteiger partial charge is 0.244 e. The van der Waals surface area contributed by atoms with Crippen LogP contribution in [0.25, 0.3) is 6.08 Å². The molecule has 0 saturated carbocycles. The molecule has 0 spiro atoms. The van der Waals surface area contributed by atoms with Gasteiger partial charge < -0.3 is 14.6 Å². The third-order valence-corrected chi connectivity index (χ3v) is 3.75. The van der Waals surface area contributed by atoms with Crippen LogP contribution in [-0.2, 0) is 16.1 Å². The van der Waals surface area contributed by atoms with Gasteiger partial charge in [0.25, 0.3) is 0 Å². The Balaban J connectivity index is 1.55. The molecule has 0 bridgehead atoms. The van der Waals surface area contributed by atoms with Crippen LogP contribution in [0.2, 0.25) is 0 Å². The van der Waals surface area contributed by atoms with E-state index in [9.17, 15) is 9.59 Å². The van der Waals surface area contributed by atoms with Gasteiger partial charge in [-0.3, -0.25) is 9.59 Å². The molecule has 1 fully saturated rings. The first kappa shape index (κ1) is 15.1. The number of hydrogen-bond donors (Lipinski definition) is 1. The van der Waals surface area contributed by atoms with Crippen molar-refractivity contribution in [3.63, 3.8) is 0 Å². The number of carbonyl (C=O) groups is 2. The van der Waals surface area contributed by atoms with E-state index in [-0.39, 0.29) is 11.8 Å². The van der Waals surface area contributed by atoms with Crippen LogP contribution < -0.4 is 10.2 Å². The zero-order valence-electron chi connectivity index (χ0n) is 12.7. The van der Waals surface area contributed by atoms with Crippen molar-refractivity contribution < 1.29 is 14.0 Å². The molecule has 1 aliphatic rings. The summed E-state index contributed by atoms with van der Waals surface area (Å²) in [4.78, 5) is 25.2. The van der Waals surface area contributed by atoms with Crippen molar-refractivity contribution in [2.45, 2.75) is 19.4 Å². The molecule has 5 heteroatoms. The Morgan fingerprint density at radius 1 is 1.26 bits per heavy atom. The number of anilines is 1. The lowest BCUT2D eigenvalue weighted by Crippen LogP contribution is -2.23. The molecule has 1 aromatic heterocycles. The van der Waals surface area contributed by atoms with E-state index in [4.69, 9.17) is 4.42 Å². The minimum absolute atomic E-state index is 0.162. The minimum atomic E-state index is -0.162. The SMILES string of the molecule is O=C(/C=C/c1ccc(N2CCCC2=O)cc1)NCc1ccoc1.